The lowest BCUT2D eigenvalue weighted by Crippen LogP contribution is -2.18. The molecule has 0 aliphatic carbocycles. The molecule has 1 N–H and O–H groups in total. The minimum atomic E-state index is -0.283. The number of carbonyl (C=O) groups excluding carboxylic acids is 1. The Morgan fingerprint density at radius 2 is 1.78 bits per heavy atom. The standard InChI is InChI=1S/C20H19Cl3N2O2/c1-4-25-17-7-6-13(27-5-2)10-14(17)11(3)19(25)20(26)24-18-15(22)8-12(21)9-16(18)23/h6-10H,4-5H2,1-3H3,(H,24,26). The number of hydrogen-bond donors (Lipinski definition) is 1. The minimum Gasteiger partial charge on any atom is -0.494 e. The van der Waals surface area contributed by atoms with Crippen molar-refractivity contribution in [3.63, 3.8) is 0 Å². The zero-order valence-corrected chi connectivity index (χ0v) is 17.5. The smallest absolute Gasteiger partial charge is 0.272 e. The van der Waals surface area contributed by atoms with Gasteiger partial charge in [-0.2, -0.15) is 0 Å². The predicted octanol–water partition coefficient (Wildman–Crippen LogP) is 6.58. The summed E-state index contributed by atoms with van der Waals surface area (Å²) in [5.41, 5.74) is 2.74. The van der Waals surface area contributed by atoms with Gasteiger partial charge < -0.3 is 14.6 Å². The van der Waals surface area contributed by atoms with Crippen LogP contribution < -0.4 is 10.1 Å². The van der Waals surface area contributed by atoms with E-state index < -0.39 is 0 Å². The lowest BCUT2D eigenvalue weighted by molar-refractivity contribution is 0.101. The van der Waals surface area contributed by atoms with Crippen LogP contribution in [0.4, 0.5) is 5.69 Å². The molecule has 1 aromatic heterocycles. The number of carbonyl (C=O) groups is 1. The minimum absolute atomic E-state index is 0.283. The van der Waals surface area contributed by atoms with Crippen LogP contribution in [-0.2, 0) is 6.54 Å². The van der Waals surface area contributed by atoms with Gasteiger partial charge in [-0.25, -0.2) is 0 Å². The monoisotopic (exact) mass is 424 g/mol. The number of nitrogens with one attached hydrogen (secondary N) is 1. The average Bonchev–Trinajstić information content (AvgIpc) is 2.90. The summed E-state index contributed by atoms with van der Waals surface area (Å²) >= 11 is 18.4. The van der Waals surface area contributed by atoms with E-state index in [1.807, 2.05) is 43.5 Å². The lowest BCUT2D eigenvalue weighted by atomic mass is 10.1. The summed E-state index contributed by atoms with van der Waals surface area (Å²) in [7, 11) is 0. The van der Waals surface area contributed by atoms with Crippen molar-refractivity contribution in [1.29, 1.82) is 0 Å². The maximum absolute atomic E-state index is 13.1. The first-order chi connectivity index (χ1) is 12.9. The second kappa shape index (κ2) is 8.01. The summed E-state index contributed by atoms with van der Waals surface area (Å²) in [6, 6.07) is 8.92. The van der Waals surface area contributed by atoms with Crippen molar-refractivity contribution < 1.29 is 9.53 Å². The fourth-order valence-electron chi connectivity index (χ4n) is 3.21. The number of hydrogen-bond acceptors (Lipinski definition) is 2. The second-order valence-electron chi connectivity index (χ2n) is 6.03. The number of aryl methyl sites for hydroxylation is 2. The van der Waals surface area contributed by atoms with E-state index in [9.17, 15) is 4.79 Å². The van der Waals surface area contributed by atoms with E-state index in [1.165, 1.54) is 0 Å². The van der Waals surface area contributed by atoms with Crippen LogP contribution in [0, 0.1) is 6.92 Å². The number of benzene rings is 2. The van der Waals surface area contributed by atoms with Gasteiger partial charge >= 0.3 is 0 Å². The Balaban J connectivity index is 2.08. The molecule has 0 saturated heterocycles. The van der Waals surface area contributed by atoms with Crippen LogP contribution >= 0.6 is 34.8 Å². The Morgan fingerprint density at radius 3 is 2.37 bits per heavy atom. The molecule has 1 heterocycles. The Hall–Kier alpha value is -1.88. The van der Waals surface area contributed by atoms with E-state index in [2.05, 4.69) is 5.32 Å². The molecule has 0 bridgehead atoms. The van der Waals surface area contributed by atoms with Crippen LogP contribution in [0.25, 0.3) is 10.9 Å². The summed E-state index contributed by atoms with van der Waals surface area (Å²) in [6.07, 6.45) is 0. The molecule has 0 unspecified atom stereocenters. The third-order valence-corrected chi connectivity index (χ3v) is 5.19. The summed E-state index contributed by atoms with van der Waals surface area (Å²) in [4.78, 5) is 13.1. The summed E-state index contributed by atoms with van der Waals surface area (Å²) in [6.45, 7) is 7.08. The quantitative estimate of drug-likeness (QED) is 0.501. The maximum atomic E-state index is 13.1. The van der Waals surface area contributed by atoms with Gasteiger partial charge in [0.15, 0.2) is 0 Å². The summed E-state index contributed by atoms with van der Waals surface area (Å²) in [5, 5.41) is 4.78. The number of amides is 1. The Morgan fingerprint density at radius 1 is 1.11 bits per heavy atom. The van der Waals surface area contributed by atoms with Crippen molar-refractivity contribution in [2.45, 2.75) is 27.3 Å². The third-order valence-electron chi connectivity index (χ3n) is 4.38. The van der Waals surface area contributed by atoms with Gasteiger partial charge in [0.25, 0.3) is 5.91 Å². The van der Waals surface area contributed by atoms with Gasteiger partial charge in [0.1, 0.15) is 11.4 Å². The van der Waals surface area contributed by atoms with Crippen LogP contribution in [0.3, 0.4) is 0 Å². The summed E-state index contributed by atoms with van der Waals surface area (Å²) < 4.78 is 7.56. The number of anilines is 1. The van der Waals surface area contributed by atoms with Crippen LogP contribution in [0.5, 0.6) is 5.75 Å². The molecule has 0 atom stereocenters. The van der Waals surface area contributed by atoms with Crippen molar-refractivity contribution >= 4 is 57.3 Å². The highest BCUT2D eigenvalue weighted by atomic mass is 35.5. The summed E-state index contributed by atoms with van der Waals surface area (Å²) in [5.74, 6) is 0.492. The Kier molecular flexibility index (Phi) is 5.89. The molecule has 2 aromatic carbocycles. The highest BCUT2D eigenvalue weighted by Gasteiger charge is 2.22. The molecule has 0 saturated carbocycles. The van der Waals surface area contributed by atoms with Crippen LogP contribution in [0.1, 0.15) is 29.9 Å². The molecule has 1 amide bonds. The second-order valence-corrected chi connectivity index (χ2v) is 7.28. The van der Waals surface area contributed by atoms with Gasteiger partial charge in [0.05, 0.1) is 22.3 Å². The molecule has 0 aliphatic rings. The first kappa shape index (κ1) is 19.9. The number of aromatic nitrogens is 1. The Bertz CT molecular complexity index is 1000. The van der Waals surface area contributed by atoms with Crippen LogP contribution in [-0.4, -0.2) is 17.1 Å². The van der Waals surface area contributed by atoms with Crippen LogP contribution in [0.15, 0.2) is 30.3 Å². The maximum Gasteiger partial charge on any atom is 0.272 e. The van der Waals surface area contributed by atoms with Crippen molar-refractivity contribution in [2.24, 2.45) is 0 Å². The van der Waals surface area contributed by atoms with Gasteiger partial charge in [0.2, 0.25) is 0 Å². The number of rotatable bonds is 5. The SMILES string of the molecule is CCOc1ccc2c(c1)c(C)c(C(=O)Nc1c(Cl)cc(Cl)cc1Cl)n2CC. The van der Waals surface area contributed by atoms with Crippen LogP contribution in [0.2, 0.25) is 15.1 Å². The topological polar surface area (TPSA) is 43.3 Å². The fraction of sp³-hybridized carbons (Fsp3) is 0.250. The van der Waals surface area contributed by atoms with E-state index in [-0.39, 0.29) is 16.0 Å². The normalized spacial score (nSPS) is 11.0. The molecule has 0 fully saturated rings. The van der Waals surface area contributed by atoms with Gasteiger partial charge in [0, 0.05) is 22.5 Å². The van der Waals surface area contributed by atoms with Gasteiger partial charge in [-0.05, 0) is 56.7 Å². The molecular weight excluding hydrogens is 407 g/mol. The first-order valence-electron chi connectivity index (χ1n) is 8.58. The molecule has 3 aromatic rings. The first-order valence-corrected chi connectivity index (χ1v) is 9.72. The molecular formula is C20H19Cl3N2O2. The molecule has 0 aliphatic heterocycles. The zero-order chi connectivity index (χ0) is 19.7. The van der Waals surface area contributed by atoms with Crippen molar-refractivity contribution in [1.82, 2.24) is 4.57 Å². The Labute approximate surface area is 173 Å². The largest absolute Gasteiger partial charge is 0.494 e. The lowest BCUT2D eigenvalue weighted by Gasteiger charge is -2.12. The van der Waals surface area contributed by atoms with Crippen molar-refractivity contribution in [3.05, 3.63) is 56.7 Å². The van der Waals surface area contributed by atoms with E-state index in [0.717, 1.165) is 22.2 Å². The molecule has 142 valence electrons. The van der Waals surface area contributed by atoms with Gasteiger partial charge in [-0.3, -0.25) is 4.79 Å². The van der Waals surface area contributed by atoms with Gasteiger partial charge in [-0.15, -0.1) is 0 Å². The molecule has 0 radical (unpaired) electrons. The molecule has 3 rings (SSSR count). The molecule has 4 nitrogen and oxygen atoms in total. The number of ether oxygens (including phenoxy) is 1. The number of halogens is 3. The van der Waals surface area contributed by atoms with E-state index >= 15 is 0 Å². The van der Waals surface area contributed by atoms with E-state index in [0.29, 0.717) is 29.6 Å². The average molecular weight is 426 g/mol. The molecule has 0 spiro atoms. The van der Waals surface area contributed by atoms with E-state index in [1.54, 1.807) is 12.1 Å². The van der Waals surface area contributed by atoms with E-state index in [4.69, 9.17) is 39.5 Å². The fourth-order valence-corrected chi connectivity index (χ4v) is 4.12. The third kappa shape index (κ3) is 3.75. The highest BCUT2D eigenvalue weighted by Crippen LogP contribution is 2.35. The number of fused-ring (bicyclic) bond motifs is 1. The highest BCUT2D eigenvalue weighted by molar-refractivity contribution is 6.42. The zero-order valence-electron chi connectivity index (χ0n) is 15.2. The molecule has 27 heavy (non-hydrogen) atoms. The predicted molar refractivity (Wildman–Crippen MR) is 113 cm³/mol. The van der Waals surface area contributed by atoms with Gasteiger partial charge in [-0.1, -0.05) is 34.8 Å². The number of nitrogens with zero attached hydrogens (tertiary/aromatic N) is 1. The van der Waals surface area contributed by atoms with Crippen molar-refractivity contribution in [2.75, 3.05) is 11.9 Å². The van der Waals surface area contributed by atoms with Crippen molar-refractivity contribution in [3.8, 4) is 5.75 Å². The molecule has 7 heteroatoms.